The summed E-state index contributed by atoms with van der Waals surface area (Å²) in [5, 5.41) is 13.9. The second kappa shape index (κ2) is 8.32. The van der Waals surface area contributed by atoms with E-state index in [2.05, 4.69) is 15.5 Å². The van der Waals surface area contributed by atoms with Gasteiger partial charge >= 0.3 is 0 Å². The van der Waals surface area contributed by atoms with Crippen LogP contribution in [0.3, 0.4) is 0 Å². The van der Waals surface area contributed by atoms with Gasteiger partial charge in [-0.2, -0.15) is 0 Å². The summed E-state index contributed by atoms with van der Waals surface area (Å²) in [6.07, 6.45) is 0.367. The largest absolute Gasteiger partial charge is 0.410 e. The minimum atomic E-state index is -0.0413. The summed E-state index contributed by atoms with van der Waals surface area (Å²) in [5.74, 6) is 1.04. The molecule has 0 aliphatic carbocycles. The minimum Gasteiger partial charge on any atom is -0.410 e. The Hall–Kier alpha value is -1.83. The smallest absolute Gasteiger partial charge is 0.276 e. The number of thioether (sulfide) groups is 1. The number of carbonyl (C=O) groups excluding carboxylic acids is 1. The average Bonchev–Trinajstić information content (AvgIpc) is 3.25. The highest BCUT2D eigenvalue weighted by Crippen LogP contribution is 2.26. The molecule has 2 aromatic heterocycles. The Balaban J connectivity index is 1.41. The predicted octanol–water partition coefficient (Wildman–Crippen LogP) is 4.25. The maximum absolute atomic E-state index is 11.9. The summed E-state index contributed by atoms with van der Waals surface area (Å²) in [6, 6.07) is 11.3. The zero-order valence-electron chi connectivity index (χ0n) is 12.6. The van der Waals surface area contributed by atoms with Gasteiger partial charge in [-0.15, -0.1) is 21.5 Å². The van der Waals surface area contributed by atoms with Crippen LogP contribution in [-0.2, 0) is 11.3 Å². The van der Waals surface area contributed by atoms with Crippen LogP contribution in [-0.4, -0.2) is 21.9 Å². The van der Waals surface area contributed by atoms with Gasteiger partial charge in [0, 0.05) is 23.7 Å². The molecule has 5 nitrogen and oxygen atoms in total. The molecule has 0 aliphatic heterocycles. The quantitative estimate of drug-likeness (QED) is 0.621. The Morgan fingerprint density at radius 2 is 2.12 bits per heavy atom. The molecule has 0 aliphatic rings. The number of amides is 1. The highest BCUT2D eigenvalue weighted by molar-refractivity contribution is 7.99. The monoisotopic (exact) mass is 379 g/mol. The van der Waals surface area contributed by atoms with Crippen molar-refractivity contribution in [3.8, 4) is 10.8 Å². The highest BCUT2D eigenvalue weighted by Gasteiger charge is 2.10. The van der Waals surface area contributed by atoms with Gasteiger partial charge in [-0.25, -0.2) is 0 Å². The third-order valence-electron chi connectivity index (χ3n) is 3.13. The van der Waals surface area contributed by atoms with E-state index in [1.807, 2.05) is 35.7 Å². The molecule has 0 spiro atoms. The second-order valence-electron chi connectivity index (χ2n) is 4.82. The van der Waals surface area contributed by atoms with Gasteiger partial charge in [-0.1, -0.05) is 47.6 Å². The molecule has 0 bridgehead atoms. The van der Waals surface area contributed by atoms with Gasteiger partial charge in [0.05, 0.1) is 4.88 Å². The fourth-order valence-corrected chi connectivity index (χ4v) is 3.47. The summed E-state index contributed by atoms with van der Waals surface area (Å²) in [4.78, 5) is 12.8. The molecule has 0 atom stereocenters. The molecule has 0 unspecified atom stereocenters. The maximum atomic E-state index is 11.9. The van der Waals surface area contributed by atoms with Crippen molar-refractivity contribution < 1.29 is 9.21 Å². The van der Waals surface area contributed by atoms with Crippen LogP contribution < -0.4 is 5.32 Å². The van der Waals surface area contributed by atoms with Crippen LogP contribution in [0.2, 0.25) is 5.02 Å². The first-order valence-electron chi connectivity index (χ1n) is 7.22. The third kappa shape index (κ3) is 4.59. The van der Waals surface area contributed by atoms with Crippen LogP contribution >= 0.6 is 34.7 Å². The number of benzene rings is 1. The molecule has 24 heavy (non-hydrogen) atoms. The first-order chi connectivity index (χ1) is 11.7. The van der Waals surface area contributed by atoms with Crippen molar-refractivity contribution in [2.24, 2.45) is 0 Å². The topological polar surface area (TPSA) is 68.0 Å². The zero-order chi connectivity index (χ0) is 16.8. The van der Waals surface area contributed by atoms with Crippen LogP contribution in [0.1, 0.15) is 12.0 Å². The Morgan fingerprint density at radius 1 is 1.25 bits per heavy atom. The molecule has 124 valence electrons. The molecule has 8 heteroatoms. The number of hydrogen-bond donors (Lipinski definition) is 1. The van der Waals surface area contributed by atoms with Crippen LogP contribution in [0.25, 0.3) is 10.8 Å². The van der Waals surface area contributed by atoms with E-state index in [1.54, 1.807) is 17.4 Å². The number of halogens is 1. The standard InChI is InChI=1S/C16H14ClN3O2S2/c17-12-5-2-1-4-11(12)10-18-14(21)7-9-24-16-20-19-15(22-16)13-6-3-8-23-13/h1-6,8H,7,9-10H2,(H,18,21). The SMILES string of the molecule is O=C(CCSc1nnc(-c2cccs2)o1)NCc1ccccc1Cl. The number of thiophene rings is 1. The fourth-order valence-electron chi connectivity index (χ4n) is 1.92. The van der Waals surface area contributed by atoms with Crippen molar-refractivity contribution in [2.45, 2.75) is 18.2 Å². The van der Waals surface area contributed by atoms with Crippen LogP contribution in [0.5, 0.6) is 0 Å². The summed E-state index contributed by atoms with van der Waals surface area (Å²) in [6.45, 7) is 0.423. The number of carbonyl (C=O) groups is 1. The lowest BCUT2D eigenvalue weighted by Crippen LogP contribution is -2.23. The van der Waals surface area contributed by atoms with Crippen molar-refractivity contribution in [2.75, 3.05) is 5.75 Å². The van der Waals surface area contributed by atoms with Gasteiger partial charge in [0.25, 0.3) is 11.1 Å². The molecular weight excluding hydrogens is 366 g/mol. The number of nitrogens with one attached hydrogen (secondary N) is 1. The zero-order valence-corrected chi connectivity index (χ0v) is 15.0. The maximum Gasteiger partial charge on any atom is 0.276 e. The normalized spacial score (nSPS) is 10.7. The fraction of sp³-hybridized carbons (Fsp3) is 0.188. The summed E-state index contributed by atoms with van der Waals surface area (Å²) in [7, 11) is 0. The van der Waals surface area contributed by atoms with Crippen molar-refractivity contribution in [3.63, 3.8) is 0 Å². The molecule has 2 heterocycles. The van der Waals surface area contributed by atoms with E-state index in [9.17, 15) is 4.79 Å². The Kier molecular flexibility index (Phi) is 5.90. The minimum absolute atomic E-state index is 0.0413. The van der Waals surface area contributed by atoms with Crippen molar-refractivity contribution in [1.82, 2.24) is 15.5 Å². The molecule has 3 rings (SSSR count). The lowest BCUT2D eigenvalue weighted by Gasteiger charge is -2.06. The molecule has 0 saturated heterocycles. The summed E-state index contributed by atoms with van der Waals surface area (Å²) < 4.78 is 5.56. The molecule has 0 radical (unpaired) electrons. The van der Waals surface area contributed by atoms with Crippen molar-refractivity contribution in [3.05, 3.63) is 52.4 Å². The van der Waals surface area contributed by atoms with Crippen molar-refractivity contribution in [1.29, 1.82) is 0 Å². The van der Waals surface area contributed by atoms with E-state index >= 15 is 0 Å². The first-order valence-corrected chi connectivity index (χ1v) is 9.47. The number of nitrogens with zero attached hydrogens (tertiary/aromatic N) is 2. The van der Waals surface area contributed by atoms with Gasteiger partial charge in [-0.05, 0) is 23.1 Å². The summed E-state index contributed by atoms with van der Waals surface area (Å²) >= 11 is 8.97. The highest BCUT2D eigenvalue weighted by atomic mass is 35.5. The molecular formula is C16H14ClN3O2S2. The second-order valence-corrected chi connectivity index (χ2v) is 7.22. The molecule has 1 N–H and O–H groups in total. The molecule has 3 aromatic rings. The Bertz CT molecular complexity index is 805. The number of aromatic nitrogens is 2. The van der Waals surface area contributed by atoms with E-state index < -0.39 is 0 Å². The van der Waals surface area contributed by atoms with E-state index in [0.29, 0.717) is 34.9 Å². The van der Waals surface area contributed by atoms with E-state index in [4.69, 9.17) is 16.0 Å². The van der Waals surface area contributed by atoms with Gasteiger partial charge in [0.2, 0.25) is 5.91 Å². The summed E-state index contributed by atoms with van der Waals surface area (Å²) in [5.41, 5.74) is 0.901. The first kappa shape index (κ1) is 17.0. The van der Waals surface area contributed by atoms with Crippen molar-refractivity contribution >= 4 is 40.6 Å². The Labute approximate surface area is 152 Å². The van der Waals surface area contributed by atoms with Gasteiger partial charge < -0.3 is 9.73 Å². The predicted molar refractivity (Wildman–Crippen MR) is 96.3 cm³/mol. The van der Waals surface area contributed by atoms with Crippen LogP contribution in [0, 0.1) is 0 Å². The van der Waals surface area contributed by atoms with E-state index in [-0.39, 0.29) is 5.91 Å². The molecule has 0 fully saturated rings. The molecule has 1 aromatic carbocycles. The lowest BCUT2D eigenvalue weighted by molar-refractivity contribution is -0.120. The van der Waals surface area contributed by atoms with Crippen LogP contribution in [0.4, 0.5) is 0 Å². The lowest BCUT2D eigenvalue weighted by atomic mass is 10.2. The van der Waals surface area contributed by atoms with Gasteiger partial charge in [-0.3, -0.25) is 4.79 Å². The number of hydrogen-bond acceptors (Lipinski definition) is 6. The molecule has 1 amide bonds. The van der Waals surface area contributed by atoms with Gasteiger partial charge in [0.1, 0.15) is 0 Å². The van der Waals surface area contributed by atoms with Crippen LogP contribution in [0.15, 0.2) is 51.4 Å². The van der Waals surface area contributed by atoms with E-state index in [0.717, 1.165) is 10.4 Å². The van der Waals surface area contributed by atoms with Gasteiger partial charge in [0.15, 0.2) is 0 Å². The van der Waals surface area contributed by atoms with E-state index in [1.165, 1.54) is 11.8 Å². The molecule has 0 saturated carbocycles. The number of rotatable bonds is 7. The third-order valence-corrected chi connectivity index (χ3v) is 5.17. The average molecular weight is 380 g/mol. The Morgan fingerprint density at radius 3 is 2.92 bits per heavy atom.